The molecule has 7 fully saturated rings. The van der Waals surface area contributed by atoms with E-state index in [1.54, 1.807) is 0 Å². The highest BCUT2D eigenvalue weighted by Gasteiger charge is 2.68. The molecule has 17 nitrogen and oxygen atoms in total. The number of ether oxygens (including phenoxy) is 7. The summed E-state index contributed by atoms with van der Waals surface area (Å²) in [7, 11) is 0. The van der Waals surface area contributed by atoms with Crippen LogP contribution in [-0.2, 0) is 33.2 Å². The summed E-state index contributed by atoms with van der Waals surface area (Å²) >= 11 is 0. The molecule has 25 atom stereocenters. The normalized spacial score (nSPS) is 55.0. The van der Waals surface area contributed by atoms with Crippen molar-refractivity contribution < 1.29 is 84.2 Å². The quantitative estimate of drug-likeness (QED) is 0.114. The average molecular weight is 873 g/mol. The molecule has 0 aromatic carbocycles. The van der Waals surface area contributed by atoms with E-state index in [1.807, 2.05) is 6.92 Å². The second kappa shape index (κ2) is 17.7. The van der Waals surface area contributed by atoms with Crippen molar-refractivity contribution in [2.45, 2.75) is 196 Å². The summed E-state index contributed by atoms with van der Waals surface area (Å²) in [5, 5.41) is 106. The molecule has 25 unspecified atom stereocenters. The van der Waals surface area contributed by atoms with E-state index < -0.39 is 105 Å². The Morgan fingerprint density at radius 1 is 0.754 bits per heavy atom. The summed E-state index contributed by atoms with van der Waals surface area (Å²) in [6.07, 6.45) is -10.9. The highest BCUT2D eigenvalue weighted by molar-refractivity contribution is 5.26. The number of hydrogen-bond acceptors (Lipinski definition) is 17. The highest BCUT2D eigenvalue weighted by Crippen LogP contribution is 2.70. The minimum Gasteiger partial charge on any atom is -0.396 e. The summed E-state index contributed by atoms with van der Waals surface area (Å²) in [5.74, 6) is 0.619. The first-order chi connectivity index (χ1) is 28.9. The van der Waals surface area contributed by atoms with E-state index in [1.165, 1.54) is 12.5 Å². The van der Waals surface area contributed by atoms with Gasteiger partial charge in [0.2, 0.25) is 0 Å². The van der Waals surface area contributed by atoms with Crippen LogP contribution in [0.3, 0.4) is 0 Å². The molecule has 3 saturated carbocycles. The molecule has 0 amide bonds. The fourth-order valence-corrected chi connectivity index (χ4v) is 13.3. The van der Waals surface area contributed by atoms with Crippen molar-refractivity contribution in [2.24, 2.45) is 46.3 Å². The molecular formula is C44H72O17. The van der Waals surface area contributed by atoms with Crippen LogP contribution in [0.2, 0.25) is 0 Å². The largest absolute Gasteiger partial charge is 0.396 e. The Morgan fingerprint density at radius 3 is 2.10 bits per heavy atom. The molecule has 0 radical (unpaired) electrons. The predicted molar refractivity (Wildman–Crippen MR) is 212 cm³/mol. The van der Waals surface area contributed by atoms with Crippen LogP contribution >= 0.6 is 0 Å². The zero-order valence-electron chi connectivity index (χ0n) is 36.1. The maximum absolute atomic E-state index is 11.9. The lowest BCUT2D eigenvalue weighted by Gasteiger charge is -2.58. The van der Waals surface area contributed by atoms with Crippen molar-refractivity contribution in [2.75, 3.05) is 19.8 Å². The highest BCUT2D eigenvalue weighted by atomic mass is 16.8. The van der Waals surface area contributed by atoms with E-state index in [9.17, 15) is 51.1 Å². The Hall–Kier alpha value is -0.940. The lowest BCUT2D eigenvalue weighted by molar-refractivity contribution is -0.376. The van der Waals surface area contributed by atoms with Crippen LogP contribution in [0.5, 0.6) is 0 Å². The Kier molecular flexibility index (Phi) is 13.5. The van der Waals surface area contributed by atoms with Crippen LogP contribution in [0.25, 0.3) is 0 Å². The molecule has 17 heteroatoms. The van der Waals surface area contributed by atoms with E-state index in [2.05, 4.69) is 26.8 Å². The predicted octanol–water partition coefficient (Wildman–Crippen LogP) is -0.192. The van der Waals surface area contributed by atoms with Gasteiger partial charge in [0.15, 0.2) is 24.7 Å². The Balaban J connectivity index is 0.966. The maximum atomic E-state index is 11.9. The molecule has 0 aromatic heterocycles. The Morgan fingerprint density at radius 2 is 1.41 bits per heavy atom. The van der Waals surface area contributed by atoms with Gasteiger partial charge in [-0.15, -0.1) is 0 Å². The third kappa shape index (κ3) is 8.00. The van der Waals surface area contributed by atoms with Crippen LogP contribution in [0.4, 0.5) is 0 Å². The van der Waals surface area contributed by atoms with Crippen LogP contribution in [0.1, 0.15) is 92.4 Å². The first-order valence-electron chi connectivity index (χ1n) is 22.8. The summed E-state index contributed by atoms with van der Waals surface area (Å²) < 4.78 is 42.7. The number of rotatable bonds is 12. The maximum Gasteiger partial charge on any atom is 0.187 e. The van der Waals surface area contributed by atoms with Crippen LogP contribution in [0, 0.1) is 46.3 Å². The van der Waals surface area contributed by atoms with E-state index in [0.29, 0.717) is 43.4 Å². The van der Waals surface area contributed by atoms with Gasteiger partial charge in [-0.05, 0) is 98.7 Å². The number of aliphatic hydroxyl groups excluding tert-OH is 9. The molecule has 0 spiro atoms. The van der Waals surface area contributed by atoms with Crippen molar-refractivity contribution in [3.05, 3.63) is 11.6 Å². The van der Waals surface area contributed by atoms with Gasteiger partial charge in [-0.3, -0.25) is 0 Å². The molecule has 4 aliphatic heterocycles. The van der Waals surface area contributed by atoms with Crippen molar-refractivity contribution in [3.8, 4) is 0 Å². The van der Waals surface area contributed by atoms with Gasteiger partial charge in [0, 0.05) is 18.9 Å². The van der Waals surface area contributed by atoms with Crippen LogP contribution < -0.4 is 0 Å². The fourth-order valence-electron chi connectivity index (χ4n) is 13.3. The van der Waals surface area contributed by atoms with E-state index in [-0.39, 0.29) is 47.4 Å². The average Bonchev–Trinajstić information content (AvgIpc) is 3.79. The zero-order valence-corrected chi connectivity index (χ0v) is 36.1. The molecule has 4 aliphatic carbocycles. The van der Waals surface area contributed by atoms with Crippen LogP contribution in [-0.4, -0.2) is 175 Å². The second-order valence-electron chi connectivity index (χ2n) is 20.5. The first-order valence-corrected chi connectivity index (χ1v) is 22.8. The minimum absolute atomic E-state index is 0.0000868. The van der Waals surface area contributed by atoms with Gasteiger partial charge >= 0.3 is 0 Å². The molecule has 4 heterocycles. The van der Waals surface area contributed by atoms with Gasteiger partial charge in [0.1, 0.15) is 61.0 Å². The number of hydrogen-bond donors (Lipinski definition) is 10. The number of allylic oxidation sites excluding steroid dienone is 1. The summed E-state index contributed by atoms with van der Waals surface area (Å²) in [6, 6.07) is 0. The van der Waals surface area contributed by atoms with Crippen molar-refractivity contribution in [3.63, 3.8) is 0 Å². The van der Waals surface area contributed by atoms with Gasteiger partial charge in [0.05, 0.1) is 31.5 Å². The molecule has 4 saturated heterocycles. The molecule has 61 heavy (non-hydrogen) atoms. The second-order valence-corrected chi connectivity index (χ2v) is 20.5. The summed E-state index contributed by atoms with van der Waals surface area (Å²) in [5.41, 5.74) is 1.30. The van der Waals surface area contributed by atoms with Crippen molar-refractivity contribution in [1.29, 1.82) is 0 Å². The first kappa shape index (κ1) is 46.6. The molecule has 350 valence electrons. The number of fused-ring (bicyclic) bond motifs is 7. The van der Waals surface area contributed by atoms with Crippen LogP contribution in [0.15, 0.2) is 11.6 Å². The lowest BCUT2D eigenvalue weighted by atomic mass is 9.47. The monoisotopic (exact) mass is 872 g/mol. The van der Waals surface area contributed by atoms with Gasteiger partial charge in [-0.1, -0.05) is 39.3 Å². The Labute approximate surface area is 357 Å². The van der Waals surface area contributed by atoms with Gasteiger partial charge < -0.3 is 84.2 Å². The summed E-state index contributed by atoms with van der Waals surface area (Å²) in [4.78, 5) is 0. The van der Waals surface area contributed by atoms with Gasteiger partial charge in [0.25, 0.3) is 0 Å². The smallest absolute Gasteiger partial charge is 0.187 e. The van der Waals surface area contributed by atoms with E-state index >= 15 is 0 Å². The molecule has 0 aromatic rings. The van der Waals surface area contributed by atoms with E-state index in [0.717, 1.165) is 32.1 Å². The molecule has 10 N–H and O–H groups in total. The molecule has 8 rings (SSSR count). The van der Waals surface area contributed by atoms with Crippen molar-refractivity contribution in [1.82, 2.24) is 0 Å². The third-order valence-corrected chi connectivity index (χ3v) is 17.1. The Bertz CT molecular complexity index is 1550. The van der Waals surface area contributed by atoms with E-state index in [4.69, 9.17) is 33.2 Å². The standard InChI is InChI=1S/C44H72O17/c1-19(16-45)8-13-44(54)20(2)30-27(61-44)15-26-24-7-6-22-14-23(9-11-42(22,4)25(24)10-12-43(26,30)5)56-41-36(53)38(60-39-35(52)33(50)31(48)21(3)55-39)37(29(18-47)58-41)59-40-34(51)32(49)28(17-46)57-40/h6,19-21,23-41,45-54H,7-18H2,1-5H3. The summed E-state index contributed by atoms with van der Waals surface area (Å²) in [6.45, 7) is 9.25. The molecule has 8 aliphatic rings. The minimum atomic E-state index is -1.74. The van der Waals surface area contributed by atoms with Gasteiger partial charge in [-0.2, -0.15) is 0 Å². The zero-order chi connectivity index (χ0) is 43.9. The number of aliphatic hydroxyl groups is 10. The third-order valence-electron chi connectivity index (χ3n) is 17.1. The molecule has 0 bridgehead atoms. The lowest BCUT2D eigenvalue weighted by Crippen LogP contribution is -2.65. The molecular weight excluding hydrogens is 800 g/mol. The van der Waals surface area contributed by atoms with Crippen molar-refractivity contribution >= 4 is 0 Å². The topological polar surface area (TPSA) is 267 Å². The SMILES string of the molecule is CC(CO)CCC1(O)OC2CC3C4CC=C5CC(OC6OC(CO)C(OC7OC(CO)C(O)C7O)C(OC7OC(C)C(O)C(O)C7O)C6O)CCC5(C)C4CCC3(C)C2C1C. The van der Waals surface area contributed by atoms with Gasteiger partial charge in [-0.25, -0.2) is 0 Å². The fraction of sp³-hybridized carbons (Fsp3) is 0.955.